The Kier molecular flexibility index (Phi) is 15.7. The van der Waals surface area contributed by atoms with Crippen molar-refractivity contribution in [3.63, 3.8) is 0 Å². The van der Waals surface area contributed by atoms with Gasteiger partial charge in [-0.15, -0.1) is 0 Å². The third-order valence-corrected chi connectivity index (χ3v) is 8.73. The Balaban J connectivity index is 0.000000322. The fraction of sp³-hybridized carbons (Fsp3) is 0.258. The second-order valence-electron chi connectivity index (χ2n) is 9.10. The predicted molar refractivity (Wildman–Crippen MR) is 164 cm³/mol. The van der Waals surface area contributed by atoms with Crippen LogP contribution in [0.2, 0.25) is 0 Å². The molecular weight excluding hydrogens is 660 g/mol. The van der Waals surface area contributed by atoms with Crippen LogP contribution >= 0.6 is 25.5 Å². The van der Waals surface area contributed by atoms with Crippen LogP contribution in [0.1, 0.15) is 27.8 Å². The first kappa shape index (κ1) is 31.8. The van der Waals surface area contributed by atoms with Crippen LogP contribution < -0.4 is 15.9 Å². The second-order valence-corrected chi connectivity index (χ2v) is 14.6. The van der Waals surface area contributed by atoms with Crippen molar-refractivity contribution in [2.45, 2.75) is 34.6 Å². The number of benzene rings is 3. The van der Waals surface area contributed by atoms with Gasteiger partial charge in [0.2, 0.25) is 0 Å². The van der Waals surface area contributed by atoms with Gasteiger partial charge in [0.05, 0.1) is 7.92 Å². The summed E-state index contributed by atoms with van der Waals surface area (Å²) in [5.74, 6) is 0. The molecule has 35 heavy (non-hydrogen) atoms. The average molecular weight is 701 g/mol. The molecule has 0 saturated heterocycles. The van der Waals surface area contributed by atoms with E-state index in [2.05, 4.69) is 155 Å². The quantitative estimate of drug-likeness (QED) is 0.151. The summed E-state index contributed by atoms with van der Waals surface area (Å²) in [4.78, 5) is 0. The van der Waals surface area contributed by atoms with Crippen molar-refractivity contribution in [3.8, 4) is 0 Å². The van der Waals surface area contributed by atoms with Crippen molar-refractivity contribution >= 4 is 41.4 Å². The minimum absolute atomic E-state index is 0.120. The molecule has 0 fully saturated rings. The molecule has 0 unspecified atom stereocenters. The van der Waals surface area contributed by atoms with E-state index in [0.717, 1.165) is 0 Å². The normalized spacial score (nSPS) is 9.94. The van der Waals surface area contributed by atoms with E-state index in [1.807, 2.05) is 0 Å². The molecule has 0 nitrogen and oxygen atoms in total. The monoisotopic (exact) mass is 702 g/mol. The van der Waals surface area contributed by atoms with Gasteiger partial charge >= 0.3 is 27.2 Å². The van der Waals surface area contributed by atoms with Crippen LogP contribution in [-0.2, 0) is 17.6 Å². The number of rotatable bonds is 3. The van der Waals surface area contributed by atoms with Gasteiger partial charge in [0.15, 0.2) is 0 Å². The smallest absolute Gasteiger partial charge is 0.0620 e. The number of hydrogen-bond acceptors (Lipinski definition) is 0. The van der Waals surface area contributed by atoms with Crippen LogP contribution in [0.4, 0.5) is 0 Å². The number of hydrogen-bond donors (Lipinski definition) is 0. The molecule has 0 spiro atoms. The zero-order chi connectivity index (χ0) is 26.4. The Morgan fingerprint density at radius 3 is 0.943 bits per heavy atom. The molecule has 4 rings (SSSR count). The fourth-order valence-corrected chi connectivity index (χ4v) is 6.30. The van der Waals surface area contributed by atoms with Gasteiger partial charge in [0, 0.05) is 20.0 Å². The molecule has 0 heterocycles. The van der Waals surface area contributed by atoms with Gasteiger partial charge in [0.1, 0.15) is 15.9 Å². The minimum Gasteiger partial charge on any atom is -0.0620 e. The molecule has 0 saturated carbocycles. The first-order valence-corrected chi connectivity index (χ1v) is 19.5. The van der Waals surface area contributed by atoms with Crippen LogP contribution in [0.25, 0.3) is 0 Å². The van der Waals surface area contributed by atoms with Crippen molar-refractivity contribution in [2.24, 2.45) is 0 Å². The van der Waals surface area contributed by atoms with E-state index in [-0.39, 0.29) is 7.92 Å². The van der Waals surface area contributed by atoms with Crippen LogP contribution in [0.5, 0.6) is 0 Å². The Morgan fingerprint density at radius 1 is 0.543 bits per heavy atom. The van der Waals surface area contributed by atoms with Gasteiger partial charge < -0.3 is 0 Å². The van der Waals surface area contributed by atoms with E-state index in [0.29, 0.717) is 0 Å². The topological polar surface area (TPSA) is 0 Å². The molecule has 0 aliphatic rings. The maximum absolute atomic E-state index is 4.67. The van der Waals surface area contributed by atoms with E-state index in [1.165, 1.54) is 61.3 Å². The van der Waals surface area contributed by atoms with Gasteiger partial charge in [-0.25, -0.2) is 0 Å². The summed E-state index contributed by atoms with van der Waals surface area (Å²) in [6.07, 6.45) is 0. The standard InChI is InChI=1S/C18H15P.C10H15.C3H9P.ClH.Os/c1-4-10-16(11-5-1)19(17-12-6-2-7-13-17)18-14-8-3-9-15-18;1-6-7(2)9(4)10(5)8(6)3;1-4(2)3;;/h1-15H;1-5H3;1-3H3;1H;/q;-1;;;+1/p+1. The van der Waals surface area contributed by atoms with Gasteiger partial charge in [-0.05, 0) is 44.3 Å². The maximum atomic E-state index is 4.67. The molecule has 0 bridgehead atoms. The first-order valence-electron chi connectivity index (χ1n) is 11.9. The molecule has 0 aliphatic heterocycles. The second kappa shape index (κ2) is 17.3. The van der Waals surface area contributed by atoms with Crippen LogP contribution in [0.3, 0.4) is 0 Å². The van der Waals surface area contributed by atoms with E-state index in [1.54, 1.807) is 0 Å². The van der Waals surface area contributed by atoms with Gasteiger partial charge in [-0.3, -0.25) is 0 Å². The van der Waals surface area contributed by atoms with Crippen LogP contribution in [0, 0.1) is 34.6 Å². The van der Waals surface area contributed by atoms with Crippen LogP contribution in [-0.4, -0.2) is 20.0 Å². The average Bonchev–Trinajstić information content (AvgIpc) is 3.05. The Bertz CT molecular complexity index is 914. The molecule has 4 heteroatoms. The molecule has 189 valence electrons. The van der Waals surface area contributed by atoms with Gasteiger partial charge in [-0.1, -0.05) is 89.2 Å². The van der Waals surface area contributed by atoms with E-state index in [4.69, 9.17) is 0 Å². The van der Waals surface area contributed by atoms with Crippen LogP contribution in [0.15, 0.2) is 91.0 Å². The summed E-state index contributed by atoms with van der Waals surface area (Å²) in [5.41, 5.74) is 7.34. The third-order valence-electron chi connectivity index (χ3n) is 6.00. The van der Waals surface area contributed by atoms with Gasteiger partial charge in [0.25, 0.3) is 0 Å². The van der Waals surface area contributed by atoms with Crippen molar-refractivity contribution in [1.29, 1.82) is 0 Å². The molecule has 0 amide bonds. The summed E-state index contributed by atoms with van der Waals surface area (Å²) in [5, 5.41) is 4.31. The maximum Gasteiger partial charge on any atom is 0.102 e. The molecule has 0 aliphatic carbocycles. The predicted octanol–water partition coefficient (Wildman–Crippen LogP) is 7.90. The zero-order valence-corrected chi connectivity index (χ0v) is 27.7. The summed E-state index contributed by atoms with van der Waals surface area (Å²) in [6.45, 7) is 17.8. The summed E-state index contributed by atoms with van der Waals surface area (Å²) >= 11 is 1.33. The molecule has 0 atom stereocenters. The molecule has 0 radical (unpaired) electrons. The van der Waals surface area contributed by atoms with Crippen molar-refractivity contribution < 1.29 is 17.6 Å². The molecule has 0 N–H and O–H groups in total. The molecule has 4 aromatic rings. The largest absolute Gasteiger partial charge is 0.102 e. The Morgan fingerprint density at radius 2 is 0.771 bits per heavy atom. The molecule has 0 aromatic heterocycles. The third kappa shape index (κ3) is 10.4. The SMILES string of the molecule is C[PH+](C)C.Cc1c(C)c(C)[c-](C)c1C.[Cl][Os].c1ccc([PH+](c2ccccc2)c2ccccc2)cc1. The van der Waals surface area contributed by atoms with E-state index >= 15 is 0 Å². The number of halogens is 1. The molecule has 4 aromatic carbocycles. The van der Waals surface area contributed by atoms with Gasteiger partial charge in [-0.2, -0.15) is 27.8 Å². The van der Waals surface area contributed by atoms with Crippen molar-refractivity contribution in [1.82, 2.24) is 0 Å². The summed E-state index contributed by atoms with van der Waals surface area (Å²) < 4.78 is 0. The Labute approximate surface area is 231 Å². The Hall–Kier alpha value is -1.20. The minimum atomic E-state index is -0.877. The summed E-state index contributed by atoms with van der Waals surface area (Å²) in [7, 11) is 3.91. The van der Waals surface area contributed by atoms with E-state index in [9.17, 15) is 0 Å². The first-order chi connectivity index (χ1) is 16.7. The van der Waals surface area contributed by atoms with Crippen molar-refractivity contribution in [3.05, 3.63) is 119 Å². The zero-order valence-electron chi connectivity index (χ0n) is 22.4. The summed E-state index contributed by atoms with van der Waals surface area (Å²) in [6, 6.07) is 32.5. The molecular formula is C31H41ClOsP2+. The van der Waals surface area contributed by atoms with E-state index < -0.39 is 7.92 Å². The van der Waals surface area contributed by atoms with Crippen molar-refractivity contribution in [2.75, 3.05) is 20.0 Å². The fourth-order valence-electron chi connectivity index (χ4n) is 3.72.